The van der Waals surface area contributed by atoms with Crippen molar-refractivity contribution in [2.75, 3.05) is 11.1 Å². The highest BCUT2D eigenvalue weighted by molar-refractivity contribution is 5.41. The second-order valence-electron chi connectivity index (χ2n) is 3.39. The minimum Gasteiger partial charge on any atom is -0.368 e. The van der Waals surface area contributed by atoms with Crippen LogP contribution in [0.25, 0.3) is 0 Å². The highest BCUT2D eigenvalue weighted by Crippen LogP contribution is 2.32. The number of nitrogen functional groups attached to an aromatic ring is 1. The van der Waals surface area contributed by atoms with Gasteiger partial charge in [0.25, 0.3) is 0 Å². The summed E-state index contributed by atoms with van der Waals surface area (Å²) in [6.45, 7) is 2.10. The lowest BCUT2D eigenvalue weighted by Crippen LogP contribution is -2.09. The zero-order valence-electron chi connectivity index (χ0n) is 7.29. The summed E-state index contributed by atoms with van der Waals surface area (Å²) < 4.78 is 13.0. The number of rotatable bonds is 2. The Morgan fingerprint density at radius 2 is 2.38 bits per heavy atom. The quantitative estimate of drug-likeness (QED) is 0.716. The lowest BCUT2D eigenvalue weighted by molar-refractivity contribution is 0.617. The minimum absolute atomic E-state index is 0.0946. The molecular weight excluding hydrogens is 171 g/mol. The maximum absolute atomic E-state index is 13.0. The van der Waals surface area contributed by atoms with Crippen LogP contribution in [0.15, 0.2) is 6.20 Å². The first kappa shape index (κ1) is 8.22. The molecule has 1 saturated carbocycles. The largest absolute Gasteiger partial charge is 0.368 e. The molecule has 0 aliphatic heterocycles. The molecule has 13 heavy (non-hydrogen) atoms. The van der Waals surface area contributed by atoms with Gasteiger partial charge in [-0.15, -0.1) is 0 Å². The maximum atomic E-state index is 13.0. The van der Waals surface area contributed by atoms with Gasteiger partial charge in [-0.1, -0.05) is 6.92 Å². The number of aromatic nitrogens is 2. The summed E-state index contributed by atoms with van der Waals surface area (Å²) in [5, 5.41) is 2.97. The molecule has 1 aliphatic rings. The van der Waals surface area contributed by atoms with Gasteiger partial charge in [-0.05, 0) is 12.3 Å². The van der Waals surface area contributed by atoms with E-state index in [0.717, 1.165) is 12.6 Å². The predicted octanol–water partition coefficient (Wildman–Crippen LogP) is 1.02. The molecule has 2 atom stereocenters. The van der Waals surface area contributed by atoms with Gasteiger partial charge < -0.3 is 11.1 Å². The Labute approximate surface area is 75.4 Å². The van der Waals surface area contributed by atoms with Gasteiger partial charge in [0, 0.05) is 6.04 Å². The van der Waals surface area contributed by atoms with E-state index in [1.807, 2.05) is 0 Å². The summed E-state index contributed by atoms with van der Waals surface area (Å²) in [5.74, 6) is 0.447. The number of nitrogens with one attached hydrogen (secondary N) is 1. The first-order valence-corrected chi connectivity index (χ1v) is 4.21. The third-order valence-corrected chi connectivity index (χ3v) is 2.19. The molecule has 1 heterocycles. The van der Waals surface area contributed by atoms with Gasteiger partial charge in [0.05, 0.1) is 6.20 Å². The molecule has 0 aromatic carbocycles. The molecule has 5 heteroatoms. The molecular formula is C8H11FN4. The van der Waals surface area contributed by atoms with Crippen LogP contribution < -0.4 is 11.1 Å². The number of anilines is 2. The molecule has 70 valence electrons. The van der Waals surface area contributed by atoms with Gasteiger partial charge in [-0.25, -0.2) is 9.37 Å². The highest BCUT2D eigenvalue weighted by Gasteiger charge is 2.33. The number of nitrogens with two attached hydrogens (primary N) is 1. The highest BCUT2D eigenvalue weighted by atomic mass is 19.1. The second kappa shape index (κ2) is 2.83. The predicted molar refractivity (Wildman–Crippen MR) is 47.6 cm³/mol. The van der Waals surface area contributed by atoms with Crippen molar-refractivity contribution < 1.29 is 4.39 Å². The number of hydrogen-bond donors (Lipinski definition) is 2. The fraction of sp³-hybridized carbons (Fsp3) is 0.500. The van der Waals surface area contributed by atoms with Gasteiger partial charge in [-0.3, -0.25) is 0 Å². The molecule has 0 saturated heterocycles. The molecule has 0 bridgehead atoms. The summed E-state index contributed by atoms with van der Waals surface area (Å²) in [7, 11) is 0. The van der Waals surface area contributed by atoms with Crippen LogP contribution in [0.3, 0.4) is 0 Å². The van der Waals surface area contributed by atoms with Crippen molar-refractivity contribution >= 4 is 11.8 Å². The third-order valence-electron chi connectivity index (χ3n) is 2.19. The van der Waals surface area contributed by atoms with Gasteiger partial charge >= 0.3 is 0 Å². The van der Waals surface area contributed by atoms with Crippen LogP contribution in [0.5, 0.6) is 0 Å². The third kappa shape index (κ3) is 1.68. The Morgan fingerprint density at radius 3 is 3.00 bits per heavy atom. The van der Waals surface area contributed by atoms with Crippen LogP contribution >= 0.6 is 0 Å². The number of hydrogen-bond acceptors (Lipinski definition) is 4. The molecule has 2 unspecified atom stereocenters. The molecule has 1 aromatic heterocycles. The van der Waals surface area contributed by atoms with Gasteiger partial charge in [-0.2, -0.15) is 4.98 Å². The molecule has 3 N–H and O–H groups in total. The molecule has 1 fully saturated rings. The molecule has 0 spiro atoms. The summed E-state index contributed by atoms with van der Waals surface area (Å²) in [4.78, 5) is 7.31. The fourth-order valence-electron chi connectivity index (χ4n) is 1.18. The average Bonchev–Trinajstić information content (AvgIpc) is 2.75. The topological polar surface area (TPSA) is 63.8 Å². The first-order valence-electron chi connectivity index (χ1n) is 4.21. The van der Waals surface area contributed by atoms with E-state index in [0.29, 0.717) is 12.0 Å². The lowest BCUT2D eigenvalue weighted by atomic mass is 10.4. The van der Waals surface area contributed by atoms with E-state index in [-0.39, 0.29) is 11.8 Å². The molecule has 1 aromatic rings. The summed E-state index contributed by atoms with van der Waals surface area (Å²) in [5.41, 5.74) is 5.33. The van der Waals surface area contributed by atoms with Crippen LogP contribution in [0.4, 0.5) is 16.2 Å². The van der Waals surface area contributed by atoms with Crippen LogP contribution in [-0.4, -0.2) is 16.0 Å². The zero-order chi connectivity index (χ0) is 9.42. The molecule has 0 amide bonds. The number of nitrogens with zero attached hydrogens (tertiary/aromatic N) is 2. The van der Waals surface area contributed by atoms with E-state index < -0.39 is 5.82 Å². The first-order chi connectivity index (χ1) is 6.16. The van der Waals surface area contributed by atoms with Crippen molar-refractivity contribution in [2.45, 2.75) is 19.4 Å². The van der Waals surface area contributed by atoms with Crippen molar-refractivity contribution in [3.8, 4) is 0 Å². The van der Waals surface area contributed by atoms with E-state index in [1.165, 1.54) is 0 Å². The monoisotopic (exact) mass is 182 g/mol. The minimum atomic E-state index is -0.451. The van der Waals surface area contributed by atoms with Gasteiger partial charge in [0.2, 0.25) is 5.95 Å². The average molecular weight is 182 g/mol. The molecule has 4 nitrogen and oxygen atoms in total. The zero-order valence-corrected chi connectivity index (χ0v) is 7.29. The summed E-state index contributed by atoms with van der Waals surface area (Å²) in [6.07, 6.45) is 2.14. The van der Waals surface area contributed by atoms with Crippen LogP contribution in [-0.2, 0) is 0 Å². The maximum Gasteiger partial charge on any atom is 0.222 e. The molecule has 0 radical (unpaired) electrons. The van der Waals surface area contributed by atoms with Crippen molar-refractivity contribution in [1.82, 2.24) is 9.97 Å². The Hall–Kier alpha value is -1.39. The Bertz CT molecular complexity index is 328. The van der Waals surface area contributed by atoms with E-state index in [2.05, 4.69) is 22.2 Å². The smallest absolute Gasteiger partial charge is 0.222 e. The van der Waals surface area contributed by atoms with Crippen molar-refractivity contribution in [3.05, 3.63) is 12.0 Å². The van der Waals surface area contributed by atoms with Gasteiger partial charge in [0.15, 0.2) is 11.6 Å². The Kier molecular flexibility index (Phi) is 1.79. The van der Waals surface area contributed by atoms with Crippen molar-refractivity contribution in [3.63, 3.8) is 0 Å². The SMILES string of the molecule is CC1CC1Nc1nc(N)ncc1F. The summed E-state index contributed by atoms with van der Waals surface area (Å²) in [6, 6.07) is 0.337. The number of halogens is 1. The van der Waals surface area contributed by atoms with Crippen LogP contribution in [0.2, 0.25) is 0 Å². The second-order valence-corrected chi connectivity index (χ2v) is 3.39. The lowest BCUT2D eigenvalue weighted by Gasteiger charge is -2.04. The fourth-order valence-corrected chi connectivity index (χ4v) is 1.18. The van der Waals surface area contributed by atoms with E-state index in [4.69, 9.17) is 5.73 Å². The van der Waals surface area contributed by atoms with Crippen LogP contribution in [0.1, 0.15) is 13.3 Å². The van der Waals surface area contributed by atoms with Crippen molar-refractivity contribution in [2.24, 2.45) is 5.92 Å². The standard InChI is InChI=1S/C8H11FN4/c1-4-2-6(4)12-7-5(9)3-11-8(10)13-7/h3-4,6H,2H2,1H3,(H3,10,11,12,13). The van der Waals surface area contributed by atoms with E-state index in [9.17, 15) is 4.39 Å². The van der Waals surface area contributed by atoms with E-state index >= 15 is 0 Å². The van der Waals surface area contributed by atoms with E-state index in [1.54, 1.807) is 0 Å². The Balaban J connectivity index is 2.14. The normalized spacial score (nSPS) is 25.7. The molecule has 2 rings (SSSR count). The summed E-state index contributed by atoms with van der Waals surface area (Å²) >= 11 is 0. The van der Waals surface area contributed by atoms with Crippen molar-refractivity contribution in [1.29, 1.82) is 0 Å². The Morgan fingerprint density at radius 1 is 1.69 bits per heavy atom. The molecule has 1 aliphatic carbocycles. The van der Waals surface area contributed by atoms with Gasteiger partial charge in [0.1, 0.15) is 0 Å². The van der Waals surface area contributed by atoms with Crippen LogP contribution in [0, 0.1) is 11.7 Å².